The minimum Gasteiger partial charge on any atom is -0.497 e. The van der Waals surface area contributed by atoms with Crippen LogP contribution in [0.4, 0.5) is 0 Å². The second kappa shape index (κ2) is 8.42. The summed E-state index contributed by atoms with van der Waals surface area (Å²) in [5.74, 6) is 1.51. The average Bonchev–Trinajstić information content (AvgIpc) is 2.59. The largest absolute Gasteiger partial charge is 0.497 e. The molecule has 148 valence electrons. The summed E-state index contributed by atoms with van der Waals surface area (Å²) in [6.07, 6.45) is -0.196. The van der Waals surface area contributed by atoms with Crippen LogP contribution in [0.3, 0.4) is 0 Å². The number of rotatable bonds is 6. The van der Waals surface area contributed by atoms with Crippen LogP contribution in [0.25, 0.3) is 0 Å². The van der Waals surface area contributed by atoms with Crippen LogP contribution in [0.15, 0.2) is 24.3 Å². The van der Waals surface area contributed by atoms with Gasteiger partial charge in [-0.05, 0) is 30.3 Å². The van der Waals surface area contributed by atoms with Crippen LogP contribution in [0.5, 0.6) is 5.75 Å². The van der Waals surface area contributed by atoms with E-state index in [2.05, 4.69) is 47.7 Å². The van der Waals surface area contributed by atoms with Crippen LogP contribution in [0, 0.1) is 11.8 Å². The zero-order chi connectivity index (χ0) is 19.5. The molecule has 0 saturated carbocycles. The fourth-order valence-electron chi connectivity index (χ4n) is 2.93. The highest BCUT2D eigenvalue weighted by Gasteiger charge is 2.39. The van der Waals surface area contributed by atoms with E-state index in [1.165, 1.54) is 0 Å². The second-order valence-electron chi connectivity index (χ2n) is 9.07. The van der Waals surface area contributed by atoms with Gasteiger partial charge in [-0.3, -0.25) is 0 Å². The molecular weight excluding hydrogens is 344 g/mol. The number of ether oxygens (including phenoxy) is 3. The number of hydrogen-bond donors (Lipinski definition) is 0. The summed E-state index contributed by atoms with van der Waals surface area (Å²) in [6, 6.07) is 7.90. The van der Waals surface area contributed by atoms with Gasteiger partial charge in [0.05, 0.1) is 19.8 Å². The van der Waals surface area contributed by atoms with Crippen molar-refractivity contribution in [2.75, 3.05) is 20.3 Å². The Kier molecular flexibility index (Phi) is 6.94. The lowest BCUT2D eigenvalue weighted by atomic mass is 9.93. The van der Waals surface area contributed by atoms with E-state index in [0.717, 1.165) is 17.9 Å². The normalized spacial score (nSPS) is 25.8. The van der Waals surface area contributed by atoms with Crippen molar-refractivity contribution in [3.63, 3.8) is 0 Å². The van der Waals surface area contributed by atoms with Gasteiger partial charge in [0, 0.05) is 24.0 Å². The van der Waals surface area contributed by atoms with Gasteiger partial charge in [0.15, 0.2) is 14.6 Å². The maximum absolute atomic E-state index is 6.43. The molecule has 1 heterocycles. The zero-order valence-corrected chi connectivity index (χ0v) is 18.7. The highest BCUT2D eigenvalue weighted by atomic mass is 28.4. The molecular formula is C21H36O4Si. The Hall–Kier alpha value is -0.883. The summed E-state index contributed by atoms with van der Waals surface area (Å²) in [6.45, 7) is 17.3. The van der Waals surface area contributed by atoms with E-state index >= 15 is 0 Å². The third-order valence-corrected chi connectivity index (χ3v) is 10.3. The van der Waals surface area contributed by atoms with Gasteiger partial charge in [-0.25, -0.2) is 0 Å². The van der Waals surface area contributed by atoms with E-state index in [9.17, 15) is 0 Å². The van der Waals surface area contributed by atoms with E-state index in [1.54, 1.807) is 7.11 Å². The fourth-order valence-corrected chi connectivity index (χ4v) is 4.04. The summed E-state index contributed by atoms with van der Waals surface area (Å²) in [5, 5.41) is 0.223. The molecule has 0 N–H and O–H groups in total. The summed E-state index contributed by atoms with van der Waals surface area (Å²) in [5.41, 5.74) is 1.03. The quantitative estimate of drug-likeness (QED) is 0.619. The molecule has 26 heavy (non-hydrogen) atoms. The number of hydrogen-bond acceptors (Lipinski definition) is 4. The van der Waals surface area contributed by atoms with E-state index in [1.807, 2.05) is 24.3 Å². The predicted molar refractivity (Wildman–Crippen MR) is 108 cm³/mol. The first-order valence-corrected chi connectivity index (χ1v) is 12.5. The lowest BCUT2D eigenvalue weighted by Gasteiger charge is -2.41. The van der Waals surface area contributed by atoms with Crippen molar-refractivity contribution in [3.05, 3.63) is 29.8 Å². The van der Waals surface area contributed by atoms with Gasteiger partial charge in [-0.1, -0.05) is 46.8 Å². The third kappa shape index (κ3) is 5.09. The van der Waals surface area contributed by atoms with Crippen LogP contribution in [0.2, 0.25) is 18.1 Å². The van der Waals surface area contributed by atoms with E-state index in [0.29, 0.717) is 18.4 Å². The van der Waals surface area contributed by atoms with Gasteiger partial charge in [0.25, 0.3) is 0 Å². The Balaban J connectivity index is 2.00. The lowest BCUT2D eigenvalue weighted by Crippen LogP contribution is -2.45. The van der Waals surface area contributed by atoms with Crippen molar-refractivity contribution < 1.29 is 18.6 Å². The smallest absolute Gasteiger partial charge is 0.191 e. The van der Waals surface area contributed by atoms with E-state index < -0.39 is 8.32 Å². The monoisotopic (exact) mass is 380 g/mol. The van der Waals surface area contributed by atoms with Crippen molar-refractivity contribution in [3.8, 4) is 5.75 Å². The van der Waals surface area contributed by atoms with Gasteiger partial charge in [0.2, 0.25) is 0 Å². The standard InChI is InChI=1S/C21H36O4Si/c1-15-13-23-20(17-9-11-18(22-6)12-10-17)25-19(15)16(2)14-24-26(7,8)21(3,4)5/h9-12,15-16,19-20H,13-14H2,1-8H3/t15?,16-,19?,20?/m0/s1. The van der Waals surface area contributed by atoms with Gasteiger partial charge < -0.3 is 18.6 Å². The van der Waals surface area contributed by atoms with E-state index in [4.69, 9.17) is 18.6 Å². The Bertz CT molecular complexity index is 564. The average molecular weight is 381 g/mol. The van der Waals surface area contributed by atoms with Gasteiger partial charge >= 0.3 is 0 Å². The molecule has 1 fully saturated rings. The molecule has 0 spiro atoms. The number of methoxy groups -OCH3 is 1. The minimum absolute atomic E-state index is 0.126. The first-order valence-electron chi connectivity index (χ1n) is 9.60. The molecule has 4 atom stereocenters. The fraction of sp³-hybridized carbons (Fsp3) is 0.714. The zero-order valence-electron chi connectivity index (χ0n) is 17.7. The van der Waals surface area contributed by atoms with Crippen LogP contribution in [-0.2, 0) is 13.9 Å². The molecule has 0 aromatic heterocycles. The molecule has 1 saturated heterocycles. The first-order chi connectivity index (χ1) is 12.0. The maximum Gasteiger partial charge on any atom is 0.191 e. The molecule has 1 aliphatic heterocycles. The molecule has 1 aromatic carbocycles. The molecule has 0 aliphatic carbocycles. The SMILES string of the molecule is COc1ccc(C2OCC(C)C([C@@H](C)CO[Si](C)(C)C(C)(C)C)O2)cc1. The Morgan fingerprint density at radius 2 is 1.81 bits per heavy atom. The Labute approximate surface area is 160 Å². The minimum atomic E-state index is -1.75. The summed E-state index contributed by atoms with van der Waals surface area (Å²) in [7, 11) is -0.0744. The van der Waals surface area contributed by atoms with Crippen molar-refractivity contribution in [2.24, 2.45) is 11.8 Å². The highest BCUT2D eigenvalue weighted by Crippen LogP contribution is 2.38. The van der Waals surface area contributed by atoms with Crippen LogP contribution < -0.4 is 4.74 Å². The topological polar surface area (TPSA) is 36.9 Å². The molecule has 5 heteroatoms. The highest BCUT2D eigenvalue weighted by molar-refractivity contribution is 6.74. The Morgan fingerprint density at radius 3 is 2.35 bits per heavy atom. The summed E-state index contributed by atoms with van der Waals surface area (Å²) >= 11 is 0. The molecule has 4 nitrogen and oxygen atoms in total. The summed E-state index contributed by atoms with van der Waals surface area (Å²) < 4.78 is 23.9. The second-order valence-corrected chi connectivity index (χ2v) is 13.9. The van der Waals surface area contributed by atoms with Crippen LogP contribution >= 0.6 is 0 Å². The predicted octanol–water partition coefficient (Wildman–Crippen LogP) is 5.40. The van der Waals surface area contributed by atoms with Gasteiger partial charge in [0.1, 0.15) is 5.75 Å². The van der Waals surface area contributed by atoms with Crippen molar-refractivity contribution in [1.29, 1.82) is 0 Å². The molecule has 0 radical (unpaired) electrons. The summed E-state index contributed by atoms with van der Waals surface area (Å²) in [4.78, 5) is 0. The van der Waals surface area contributed by atoms with Crippen LogP contribution in [-0.4, -0.2) is 34.7 Å². The van der Waals surface area contributed by atoms with Crippen molar-refractivity contribution >= 4 is 8.32 Å². The third-order valence-electron chi connectivity index (χ3n) is 5.81. The van der Waals surface area contributed by atoms with Gasteiger partial charge in [-0.15, -0.1) is 0 Å². The van der Waals surface area contributed by atoms with Crippen molar-refractivity contribution in [1.82, 2.24) is 0 Å². The van der Waals surface area contributed by atoms with Crippen molar-refractivity contribution in [2.45, 2.75) is 65.1 Å². The van der Waals surface area contributed by atoms with Crippen LogP contribution in [0.1, 0.15) is 46.5 Å². The molecule has 3 unspecified atom stereocenters. The molecule has 1 aliphatic rings. The van der Waals surface area contributed by atoms with Gasteiger partial charge in [-0.2, -0.15) is 0 Å². The number of benzene rings is 1. The molecule has 0 amide bonds. The Morgan fingerprint density at radius 1 is 1.19 bits per heavy atom. The lowest BCUT2D eigenvalue weighted by molar-refractivity contribution is -0.251. The van der Waals surface area contributed by atoms with E-state index in [-0.39, 0.29) is 17.4 Å². The molecule has 1 aromatic rings. The molecule has 2 rings (SSSR count). The first kappa shape index (κ1) is 21.4. The molecule has 0 bridgehead atoms. The maximum atomic E-state index is 6.43.